The van der Waals surface area contributed by atoms with Crippen molar-refractivity contribution in [2.24, 2.45) is 5.73 Å². The number of carbonyl (C=O) groups is 2. The number of hydrogen-bond donors (Lipinski definition) is 2. The number of aliphatic carboxylic acids is 1. The lowest BCUT2D eigenvalue weighted by Crippen LogP contribution is -2.17. The van der Waals surface area contributed by atoms with E-state index in [9.17, 15) is 9.59 Å². The van der Waals surface area contributed by atoms with Crippen LogP contribution in [0.4, 0.5) is 0 Å². The molecule has 1 aromatic carbocycles. The highest BCUT2D eigenvalue weighted by Crippen LogP contribution is 2.25. The molecule has 1 amide bonds. The van der Waals surface area contributed by atoms with E-state index in [-0.39, 0.29) is 12.8 Å². The minimum absolute atomic E-state index is 0.0281. The zero-order chi connectivity index (χ0) is 13.5. The number of hydrogen-bond acceptors (Lipinski definition) is 3. The number of benzene rings is 1. The molecule has 0 aliphatic carbocycles. The van der Waals surface area contributed by atoms with Crippen LogP contribution >= 0.6 is 0 Å². The lowest BCUT2D eigenvalue weighted by Gasteiger charge is -2.14. The van der Waals surface area contributed by atoms with Gasteiger partial charge in [0, 0.05) is 12.3 Å². The Labute approximate surface area is 106 Å². The van der Waals surface area contributed by atoms with Crippen LogP contribution in [0.2, 0.25) is 0 Å². The number of nitrogens with two attached hydrogens (primary N) is 1. The van der Waals surface area contributed by atoms with Crippen molar-refractivity contribution >= 4 is 11.9 Å². The molecule has 0 spiro atoms. The highest BCUT2D eigenvalue weighted by molar-refractivity contribution is 5.76. The molecule has 0 aliphatic rings. The molecule has 0 aliphatic heterocycles. The van der Waals surface area contributed by atoms with Gasteiger partial charge in [0.15, 0.2) is 0 Å². The molecule has 1 aromatic rings. The maximum Gasteiger partial charge on any atom is 0.303 e. The highest BCUT2D eigenvalue weighted by atomic mass is 16.5. The van der Waals surface area contributed by atoms with Crippen LogP contribution < -0.4 is 10.5 Å². The molecule has 1 unspecified atom stereocenters. The third kappa shape index (κ3) is 4.45. The molecule has 0 fully saturated rings. The molecule has 0 saturated heterocycles. The van der Waals surface area contributed by atoms with E-state index < -0.39 is 17.8 Å². The van der Waals surface area contributed by atoms with Gasteiger partial charge < -0.3 is 15.6 Å². The Bertz CT molecular complexity index is 398. The van der Waals surface area contributed by atoms with E-state index in [1.54, 1.807) is 24.3 Å². The van der Waals surface area contributed by atoms with E-state index in [2.05, 4.69) is 0 Å². The van der Waals surface area contributed by atoms with Crippen LogP contribution in [0.5, 0.6) is 5.75 Å². The van der Waals surface area contributed by atoms with Gasteiger partial charge in [-0.3, -0.25) is 9.59 Å². The fraction of sp³-hybridized carbons (Fsp3) is 0.385. The van der Waals surface area contributed by atoms with Crippen LogP contribution in [-0.4, -0.2) is 23.6 Å². The molecule has 98 valence electrons. The lowest BCUT2D eigenvalue weighted by atomic mass is 9.92. The number of rotatable bonds is 7. The summed E-state index contributed by atoms with van der Waals surface area (Å²) in [5, 5.41) is 8.82. The van der Waals surface area contributed by atoms with Crippen LogP contribution in [0, 0.1) is 0 Å². The number of carboxylic acid groups (broad SMARTS) is 1. The van der Waals surface area contributed by atoms with Crippen molar-refractivity contribution in [3.8, 4) is 5.75 Å². The van der Waals surface area contributed by atoms with Crippen LogP contribution in [0.15, 0.2) is 24.3 Å². The predicted molar refractivity (Wildman–Crippen MR) is 66.4 cm³/mol. The summed E-state index contributed by atoms with van der Waals surface area (Å²) >= 11 is 0. The summed E-state index contributed by atoms with van der Waals surface area (Å²) in [5.74, 6) is -1.13. The first kappa shape index (κ1) is 14.0. The summed E-state index contributed by atoms with van der Waals surface area (Å²) < 4.78 is 5.29. The number of ether oxygens (including phenoxy) is 1. The molecule has 5 heteroatoms. The molecule has 18 heavy (non-hydrogen) atoms. The van der Waals surface area contributed by atoms with Crippen molar-refractivity contribution < 1.29 is 19.4 Å². The summed E-state index contributed by atoms with van der Waals surface area (Å²) in [7, 11) is 0. The van der Waals surface area contributed by atoms with Crippen LogP contribution in [0.3, 0.4) is 0 Å². The molecule has 0 heterocycles. The first-order valence-corrected chi connectivity index (χ1v) is 5.75. The molecule has 5 nitrogen and oxygen atoms in total. The number of carbonyl (C=O) groups excluding carboxylic acids is 1. The fourth-order valence-electron chi connectivity index (χ4n) is 1.76. The Morgan fingerprint density at radius 1 is 1.28 bits per heavy atom. The summed E-state index contributed by atoms with van der Waals surface area (Å²) in [6.07, 6.45) is -0.0861. The standard InChI is InChI=1S/C13H17NO4/c1-2-18-11-5-3-9(4-6-11)10(7-12(14)15)8-13(16)17/h3-6,10H,2,7-8H2,1H3,(H2,14,15)(H,16,17). The van der Waals surface area contributed by atoms with Crippen LogP contribution in [-0.2, 0) is 9.59 Å². The molecule has 0 radical (unpaired) electrons. The van der Waals surface area contributed by atoms with Gasteiger partial charge >= 0.3 is 5.97 Å². The zero-order valence-electron chi connectivity index (χ0n) is 10.3. The largest absolute Gasteiger partial charge is 0.494 e. The molecule has 1 rings (SSSR count). The Balaban J connectivity index is 2.83. The van der Waals surface area contributed by atoms with Crippen molar-refractivity contribution in [1.29, 1.82) is 0 Å². The van der Waals surface area contributed by atoms with Gasteiger partial charge in [0.2, 0.25) is 5.91 Å². The average Bonchev–Trinajstić information content (AvgIpc) is 2.28. The van der Waals surface area contributed by atoms with Gasteiger partial charge in [-0.15, -0.1) is 0 Å². The Hall–Kier alpha value is -2.04. The quantitative estimate of drug-likeness (QED) is 0.768. The number of amides is 1. The SMILES string of the molecule is CCOc1ccc(C(CC(N)=O)CC(=O)O)cc1. The van der Waals surface area contributed by atoms with Gasteiger partial charge in [0.25, 0.3) is 0 Å². The normalized spacial score (nSPS) is 11.8. The van der Waals surface area contributed by atoms with Crippen molar-refractivity contribution in [2.75, 3.05) is 6.61 Å². The Morgan fingerprint density at radius 2 is 1.89 bits per heavy atom. The van der Waals surface area contributed by atoms with Gasteiger partial charge in [-0.1, -0.05) is 12.1 Å². The van der Waals surface area contributed by atoms with Crippen molar-refractivity contribution in [3.05, 3.63) is 29.8 Å². The van der Waals surface area contributed by atoms with Gasteiger partial charge in [-0.25, -0.2) is 0 Å². The summed E-state index contributed by atoms with van der Waals surface area (Å²) in [6, 6.07) is 7.05. The lowest BCUT2D eigenvalue weighted by molar-refractivity contribution is -0.137. The molecular formula is C13H17NO4. The van der Waals surface area contributed by atoms with Crippen molar-refractivity contribution in [3.63, 3.8) is 0 Å². The summed E-state index contributed by atoms with van der Waals surface area (Å²) in [6.45, 7) is 2.45. The average molecular weight is 251 g/mol. The Morgan fingerprint density at radius 3 is 2.33 bits per heavy atom. The van der Waals surface area contributed by atoms with E-state index in [4.69, 9.17) is 15.6 Å². The van der Waals surface area contributed by atoms with Gasteiger partial charge in [0.05, 0.1) is 13.0 Å². The third-order valence-electron chi connectivity index (χ3n) is 2.53. The molecule has 3 N–H and O–H groups in total. The predicted octanol–water partition coefficient (Wildman–Crippen LogP) is 1.52. The monoisotopic (exact) mass is 251 g/mol. The molecule has 0 saturated carbocycles. The van der Waals surface area contributed by atoms with Crippen molar-refractivity contribution in [1.82, 2.24) is 0 Å². The smallest absolute Gasteiger partial charge is 0.303 e. The number of carboxylic acids is 1. The summed E-state index contributed by atoms with van der Waals surface area (Å²) in [4.78, 5) is 21.7. The first-order chi connectivity index (χ1) is 8.52. The van der Waals surface area contributed by atoms with E-state index in [0.29, 0.717) is 6.61 Å². The van der Waals surface area contributed by atoms with E-state index in [0.717, 1.165) is 11.3 Å². The second kappa shape index (κ2) is 6.64. The minimum Gasteiger partial charge on any atom is -0.494 e. The fourth-order valence-corrected chi connectivity index (χ4v) is 1.76. The second-order valence-corrected chi connectivity index (χ2v) is 3.97. The van der Waals surface area contributed by atoms with Crippen molar-refractivity contribution in [2.45, 2.75) is 25.7 Å². The van der Waals surface area contributed by atoms with Gasteiger partial charge in [-0.2, -0.15) is 0 Å². The van der Waals surface area contributed by atoms with Gasteiger partial charge in [-0.05, 0) is 24.6 Å². The topological polar surface area (TPSA) is 89.6 Å². The summed E-state index contributed by atoms with van der Waals surface area (Å²) in [5.41, 5.74) is 5.90. The zero-order valence-corrected chi connectivity index (χ0v) is 10.3. The number of primary amides is 1. The Kier molecular flexibility index (Phi) is 5.17. The minimum atomic E-state index is -0.949. The van der Waals surface area contributed by atoms with Gasteiger partial charge in [0.1, 0.15) is 5.75 Å². The highest BCUT2D eigenvalue weighted by Gasteiger charge is 2.18. The molecule has 1 atom stereocenters. The first-order valence-electron chi connectivity index (χ1n) is 5.75. The maximum absolute atomic E-state index is 10.9. The molecule has 0 bridgehead atoms. The molecular weight excluding hydrogens is 234 g/mol. The third-order valence-corrected chi connectivity index (χ3v) is 2.53. The maximum atomic E-state index is 10.9. The van der Waals surface area contributed by atoms with E-state index in [1.807, 2.05) is 6.92 Å². The van der Waals surface area contributed by atoms with Crippen LogP contribution in [0.1, 0.15) is 31.2 Å². The van der Waals surface area contributed by atoms with E-state index >= 15 is 0 Å². The van der Waals surface area contributed by atoms with Crippen LogP contribution in [0.25, 0.3) is 0 Å². The second-order valence-electron chi connectivity index (χ2n) is 3.97. The molecule has 0 aromatic heterocycles. The van der Waals surface area contributed by atoms with E-state index in [1.165, 1.54) is 0 Å².